The summed E-state index contributed by atoms with van der Waals surface area (Å²) in [5.74, 6) is -1.61. The number of hydrogen-bond acceptors (Lipinski definition) is 6. The van der Waals surface area contributed by atoms with Gasteiger partial charge in [-0.3, -0.25) is 4.79 Å². The van der Waals surface area contributed by atoms with Gasteiger partial charge in [-0.05, 0) is 66.5 Å². The van der Waals surface area contributed by atoms with Crippen LogP contribution in [0.3, 0.4) is 0 Å². The van der Waals surface area contributed by atoms with Crippen molar-refractivity contribution in [2.24, 2.45) is 5.92 Å². The summed E-state index contributed by atoms with van der Waals surface area (Å²) in [6, 6.07) is 3.64. The molecule has 1 aromatic rings. The average Bonchev–Trinajstić information content (AvgIpc) is 2.70. The minimum atomic E-state index is -1.35. The third-order valence-corrected chi connectivity index (χ3v) is 8.79. The first kappa shape index (κ1) is 33.9. The number of carbonyl (C=O) groups is 2. The third-order valence-electron chi connectivity index (χ3n) is 5.68. The Labute approximate surface area is 232 Å². The van der Waals surface area contributed by atoms with Crippen LogP contribution in [0, 0.1) is 11.7 Å². The zero-order valence-corrected chi connectivity index (χ0v) is 26.0. The number of thioether (sulfide) groups is 2. The summed E-state index contributed by atoms with van der Waals surface area (Å²) in [5, 5.41) is 9.14. The number of hydrogen-bond donors (Lipinski definition) is 1. The van der Waals surface area contributed by atoms with E-state index in [1.54, 1.807) is 23.5 Å². The molecule has 0 aliphatic heterocycles. The average molecular weight is 559 g/mol. The van der Waals surface area contributed by atoms with E-state index in [4.69, 9.17) is 14.6 Å². The normalized spacial score (nSPS) is 13.3. The highest BCUT2D eigenvalue weighted by Gasteiger charge is 2.29. The van der Waals surface area contributed by atoms with Crippen LogP contribution in [0.25, 0.3) is 0 Å². The molecular weight excluding hydrogens is 511 g/mol. The lowest BCUT2D eigenvalue weighted by Gasteiger charge is -2.30. The van der Waals surface area contributed by atoms with Crippen molar-refractivity contribution in [1.29, 1.82) is 0 Å². The van der Waals surface area contributed by atoms with Gasteiger partial charge in [-0.1, -0.05) is 33.8 Å². The molecule has 0 aliphatic rings. The van der Waals surface area contributed by atoms with Crippen molar-refractivity contribution in [3.8, 4) is 0 Å². The van der Waals surface area contributed by atoms with Crippen molar-refractivity contribution in [2.45, 2.75) is 103 Å². The molecule has 0 amide bonds. The van der Waals surface area contributed by atoms with E-state index in [9.17, 15) is 14.0 Å². The van der Waals surface area contributed by atoms with Gasteiger partial charge >= 0.3 is 5.97 Å². The number of rotatable bonds is 15. The number of ketones is 1. The van der Waals surface area contributed by atoms with Crippen LogP contribution in [-0.2, 0) is 9.47 Å². The largest absolute Gasteiger partial charge is 0.478 e. The number of carboxylic acid groups (broad SMARTS) is 1. The van der Waals surface area contributed by atoms with Gasteiger partial charge in [0.05, 0.1) is 16.8 Å². The van der Waals surface area contributed by atoms with Gasteiger partial charge in [0.15, 0.2) is 5.78 Å². The van der Waals surface area contributed by atoms with Crippen LogP contribution in [0.2, 0.25) is 0 Å². The van der Waals surface area contributed by atoms with Crippen molar-refractivity contribution < 1.29 is 28.6 Å². The highest BCUT2D eigenvalue weighted by atomic mass is 32.2. The number of ether oxygens (including phenoxy) is 2. The highest BCUT2D eigenvalue weighted by Crippen LogP contribution is 2.36. The second kappa shape index (κ2) is 13.8. The smallest absolute Gasteiger partial charge is 0.338 e. The first-order chi connectivity index (χ1) is 16.7. The summed E-state index contributed by atoms with van der Waals surface area (Å²) in [6.07, 6.45) is 1.67. The van der Waals surface area contributed by atoms with Crippen LogP contribution in [0.4, 0.5) is 4.39 Å². The second-order valence-electron chi connectivity index (χ2n) is 12.6. The maximum absolute atomic E-state index is 14.4. The summed E-state index contributed by atoms with van der Waals surface area (Å²) >= 11 is 3.44. The van der Waals surface area contributed by atoms with Gasteiger partial charge in [-0.15, -0.1) is 0 Å². The molecule has 0 aliphatic carbocycles. The molecule has 0 spiro atoms. The fourth-order valence-electron chi connectivity index (χ4n) is 3.28. The molecule has 0 heterocycles. The van der Waals surface area contributed by atoms with Gasteiger partial charge in [-0.2, -0.15) is 23.5 Å². The quantitative estimate of drug-likeness (QED) is 0.221. The topological polar surface area (TPSA) is 72.8 Å². The van der Waals surface area contributed by atoms with E-state index in [-0.39, 0.29) is 38.0 Å². The molecule has 0 unspecified atom stereocenters. The Bertz CT molecular complexity index is 865. The van der Waals surface area contributed by atoms with Crippen LogP contribution in [-0.4, -0.2) is 62.3 Å². The molecule has 8 heteroatoms. The van der Waals surface area contributed by atoms with Gasteiger partial charge < -0.3 is 14.6 Å². The molecule has 0 bridgehead atoms. The Kier molecular flexibility index (Phi) is 12.7. The number of halogens is 1. The van der Waals surface area contributed by atoms with Gasteiger partial charge in [-0.25, -0.2) is 9.18 Å². The van der Waals surface area contributed by atoms with Gasteiger partial charge in [0.2, 0.25) is 0 Å². The lowest BCUT2D eigenvalue weighted by atomic mass is 9.99. The molecular formula is C29H47FO5S2. The summed E-state index contributed by atoms with van der Waals surface area (Å²) < 4.78 is 26.0. The Morgan fingerprint density at radius 1 is 0.838 bits per heavy atom. The van der Waals surface area contributed by atoms with Crippen LogP contribution in [0.15, 0.2) is 18.2 Å². The molecule has 0 atom stereocenters. The molecule has 212 valence electrons. The van der Waals surface area contributed by atoms with Crippen molar-refractivity contribution in [2.75, 3.05) is 24.7 Å². The number of carboxylic acids is 1. The minimum absolute atomic E-state index is 0.108. The first-order valence-corrected chi connectivity index (χ1v) is 14.8. The SMILES string of the molecule is CC(C)(C)OCCC(C)(C)SCC(CSC(C)(C)CCOC(C)(C)C)C(=O)c1ccc(C(=O)O)c(F)c1. The Balaban J connectivity index is 2.98. The Morgan fingerprint density at radius 2 is 1.27 bits per heavy atom. The lowest BCUT2D eigenvalue weighted by molar-refractivity contribution is -0.00664. The number of benzene rings is 1. The minimum Gasteiger partial charge on any atom is -0.478 e. The van der Waals surface area contributed by atoms with Crippen molar-refractivity contribution in [3.05, 3.63) is 35.1 Å². The van der Waals surface area contributed by atoms with E-state index in [1.807, 2.05) is 41.5 Å². The Hall–Kier alpha value is -1.09. The second-order valence-corrected chi connectivity index (χ2v) is 16.1. The molecule has 0 radical (unpaired) electrons. The maximum Gasteiger partial charge on any atom is 0.338 e. The van der Waals surface area contributed by atoms with Crippen LogP contribution in [0.5, 0.6) is 0 Å². The first-order valence-electron chi connectivity index (χ1n) is 12.8. The van der Waals surface area contributed by atoms with Crippen molar-refractivity contribution in [3.63, 3.8) is 0 Å². The third kappa shape index (κ3) is 14.0. The van der Waals surface area contributed by atoms with E-state index in [0.29, 0.717) is 24.7 Å². The van der Waals surface area contributed by atoms with E-state index in [2.05, 4.69) is 27.7 Å². The lowest BCUT2D eigenvalue weighted by Crippen LogP contribution is -2.29. The molecule has 37 heavy (non-hydrogen) atoms. The Morgan fingerprint density at radius 3 is 1.62 bits per heavy atom. The van der Waals surface area contributed by atoms with E-state index in [1.165, 1.54) is 12.1 Å². The monoisotopic (exact) mass is 558 g/mol. The molecule has 1 aromatic carbocycles. The fourth-order valence-corrected chi connectivity index (χ4v) is 5.73. The van der Waals surface area contributed by atoms with E-state index < -0.39 is 17.3 Å². The van der Waals surface area contributed by atoms with Gasteiger partial charge in [0.25, 0.3) is 0 Å². The van der Waals surface area contributed by atoms with Crippen molar-refractivity contribution >= 4 is 35.3 Å². The number of carbonyl (C=O) groups excluding carboxylic acids is 1. The molecule has 1 rings (SSSR count). The van der Waals surface area contributed by atoms with Crippen LogP contribution >= 0.6 is 23.5 Å². The highest BCUT2D eigenvalue weighted by molar-refractivity contribution is 8.01. The molecule has 0 saturated carbocycles. The van der Waals surface area contributed by atoms with Crippen molar-refractivity contribution in [1.82, 2.24) is 0 Å². The summed E-state index contributed by atoms with van der Waals surface area (Å²) in [6.45, 7) is 22.0. The number of aromatic carboxylic acids is 1. The summed E-state index contributed by atoms with van der Waals surface area (Å²) in [5.41, 5.74) is -0.636. The maximum atomic E-state index is 14.4. The zero-order valence-electron chi connectivity index (χ0n) is 24.3. The standard InChI is InChI=1S/C29H47FO5S2/c1-26(2,3)34-15-13-28(7,8)36-18-21(19-37-29(9,10)14-16-35-27(4,5)6)24(31)20-11-12-22(25(32)33)23(30)17-20/h11-12,17,21H,13-16,18-19H2,1-10H3,(H,32,33). The number of Topliss-reactive ketones (excluding diaryl/α,β-unsaturated/α-hetero) is 1. The molecule has 5 nitrogen and oxygen atoms in total. The zero-order chi connectivity index (χ0) is 28.7. The van der Waals surface area contributed by atoms with Crippen LogP contribution in [0.1, 0.15) is 103 Å². The predicted molar refractivity (Wildman–Crippen MR) is 155 cm³/mol. The van der Waals surface area contributed by atoms with Crippen LogP contribution < -0.4 is 0 Å². The fraction of sp³-hybridized carbons (Fsp3) is 0.724. The molecule has 1 N–H and O–H groups in total. The summed E-state index contributed by atoms with van der Waals surface area (Å²) in [4.78, 5) is 24.7. The predicted octanol–water partition coefficient (Wildman–Crippen LogP) is 7.76. The summed E-state index contributed by atoms with van der Waals surface area (Å²) in [7, 11) is 0. The van der Waals surface area contributed by atoms with Gasteiger partial charge in [0.1, 0.15) is 5.82 Å². The van der Waals surface area contributed by atoms with E-state index in [0.717, 1.165) is 18.9 Å². The molecule has 0 fully saturated rings. The van der Waals surface area contributed by atoms with E-state index >= 15 is 0 Å². The van der Waals surface area contributed by atoms with Gasteiger partial charge in [0, 0.05) is 45.7 Å². The molecule has 0 aromatic heterocycles. The molecule has 0 saturated heterocycles.